The van der Waals surface area contributed by atoms with E-state index < -0.39 is 0 Å². The fourth-order valence-corrected chi connectivity index (χ4v) is 1.56. The minimum absolute atomic E-state index is 0.0254. The molecule has 13 heavy (non-hydrogen) atoms. The third kappa shape index (κ3) is 1.32. The second-order valence-electron chi connectivity index (χ2n) is 3.56. The van der Waals surface area contributed by atoms with Gasteiger partial charge in [-0.1, -0.05) is 17.5 Å². The molecule has 0 radical (unpaired) electrons. The fourth-order valence-electron chi connectivity index (χ4n) is 1.46. The van der Waals surface area contributed by atoms with E-state index in [1.54, 1.807) is 6.20 Å². The van der Waals surface area contributed by atoms with E-state index in [1.165, 1.54) is 0 Å². The van der Waals surface area contributed by atoms with Crippen LogP contribution in [0.15, 0.2) is 12.3 Å². The highest BCUT2D eigenvalue weighted by Gasteiger charge is 2.42. The van der Waals surface area contributed by atoms with Crippen LogP contribution in [0.1, 0.15) is 24.0 Å². The van der Waals surface area contributed by atoms with E-state index in [9.17, 15) is 0 Å². The molecule has 1 aliphatic carbocycles. The zero-order chi connectivity index (χ0) is 9.47. The topological polar surface area (TPSA) is 12.9 Å². The molecule has 0 amide bonds. The summed E-state index contributed by atoms with van der Waals surface area (Å²) in [7, 11) is 0. The predicted octanol–water partition coefficient (Wildman–Crippen LogP) is 2.71. The molecule has 0 unspecified atom stereocenters. The van der Waals surface area contributed by atoms with Gasteiger partial charge in [0.2, 0.25) is 0 Å². The first-order valence-corrected chi connectivity index (χ1v) is 4.66. The Morgan fingerprint density at radius 1 is 1.62 bits per heavy atom. The molecule has 1 saturated carbocycles. The first kappa shape index (κ1) is 8.59. The van der Waals surface area contributed by atoms with Crippen molar-refractivity contribution in [3.8, 4) is 12.3 Å². The number of hydrogen-bond acceptors (Lipinski definition) is 1. The molecule has 0 aromatic carbocycles. The molecule has 0 aliphatic heterocycles. The van der Waals surface area contributed by atoms with E-state index in [0.29, 0.717) is 5.15 Å². The summed E-state index contributed by atoms with van der Waals surface area (Å²) < 4.78 is 0. The Morgan fingerprint density at radius 2 is 2.31 bits per heavy atom. The lowest BCUT2D eigenvalue weighted by atomic mass is 9.98. The highest BCUT2D eigenvalue weighted by Crippen LogP contribution is 2.47. The van der Waals surface area contributed by atoms with Gasteiger partial charge in [0.05, 0.1) is 5.41 Å². The number of hydrogen-bond donors (Lipinski definition) is 0. The van der Waals surface area contributed by atoms with Crippen LogP contribution in [0.3, 0.4) is 0 Å². The third-order valence-electron chi connectivity index (χ3n) is 2.59. The van der Waals surface area contributed by atoms with Gasteiger partial charge in [-0.2, -0.15) is 0 Å². The standard InChI is InChI=1S/C11H10ClN/c1-3-11(4-5-11)9-6-8(2)10(12)13-7-9/h1,6-7H,4-5H2,2H3. The molecule has 0 bridgehead atoms. The molecule has 1 aromatic heterocycles. The van der Waals surface area contributed by atoms with Crippen LogP contribution in [0.4, 0.5) is 0 Å². The summed E-state index contributed by atoms with van der Waals surface area (Å²) in [5.74, 6) is 2.83. The van der Waals surface area contributed by atoms with Gasteiger partial charge in [0, 0.05) is 6.20 Å². The van der Waals surface area contributed by atoms with Crippen LogP contribution in [-0.2, 0) is 5.41 Å². The lowest BCUT2D eigenvalue weighted by Gasteiger charge is -2.08. The molecule has 1 aromatic rings. The fraction of sp³-hybridized carbons (Fsp3) is 0.364. The van der Waals surface area contributed by atoms with Crippen molar-refractivity contribution in [2.75, 3.05) is 0 Å². The van der Waals surface area contributed by atoms with Crippen LogP contribution in [-0.4, -0.2) is 4.98 Å². The van der Waals surface area contributed by atoms with Crippen LogP contribution in [0, 0.1) is 19.3 Å². The molecular formula is C11H10ClN. The summed E-state index contributed by atoms with van der Waals surface area (Å²) in [5.41, 5.74) is 2.11. The number of terminal acetylenes is 1. The number of aryl methyl sites for hydroxylation is 1. The smallest absolute Gasteiger partial charge is 0.131 e. The molecule has 0 N–H and O–H groups in total. The number of aromatic nitrogens is 1. The highest BCUT2D eigenvalue weighted by molar-refractivity contribution is 6.30. The van der Waals surface area contributed by atoms with Gasteiger partial charge in [0.1, 0.15) is 5.15 Å². The van der Waals surface area contributed by atoms with Gasteiger partial charge in [-0.3, -0.25) is 0 Å². The summed E-state index contributed by atoms with van der Waals surface area (Å²) in [6, 6.07) is 2.04. The van der Waals surface area contributed by atoms with E-state index in [2.05, 4.69) is 10.9 Å². The van der Waals surface area contributed by atoms with Crippen LogP contribution in [0.25, 0.3) is 0 Å². The summed E-state index contributed by atoms with van der Waals surface area (Å²) in [6.45, 7) is 1.95. The molecule has 66 valence electrons. The number of pyridine rings is 1. The van der Waals surface area contributed by atoms with Crippen molar-refractivity contribution in [1.29, 1.82) is 0 Å². The summed E-state index contributed by atoms with van der Waals surface area (Å²) in [5, 5.41) is 0.566. The maximum Gasteiger partial charge on any atom is 0.131 e. The first-order valence-electron chi connectivity index (χ1n) is 4.28. The normalized spacial score (nSPS) is 17.9. The lowest BCUT2D eigenvalue weighted by Crippen LogP contribution is -2.03. The van der Waals surface area contributed by atoms with Crippen molar-refractivity contribution >= 4 is 11.6 Å². The van der Waals surface area contributed by atoms with Gasteiger partial charge in [-0.15, -0.1) is 6.42 Å². The molecule has 1 nitrogen and oxygen atoms in total. The molecule has 1 aliphatic rings. The van der Waals surface area contributed by atoms with E-state index in [1.807, 2.05) is 13.0 Å². The lowest BCUT2D eigenvalue weighted by molar-refractivity contribution is 0.913. The quantitative estimate of drug-likeness (QED) is 0.491. The monoisotopic (exact) mass is 191 g/mol. The summed E-state index contributed by atoms with van der Waals surface area (Å²) >= 11 is 5.83. The first-order chi connectivity index (χ1) is 6.18. The van der Waals surface area contributed by atoms with E-state index >= 15 is 0 Å². The predicted molar refractivity (Wildman–Crippen MR) is 53.7 cm³/mol. The molecule has 2 rings (SSSR count). The second-order valence-corrected chi connectivity index (χ2v) is 3.92. The van der Waals surface area contributed by atoms with Crippen molar-refractivity contribution in [2.24, 2.45) is 0 Å². The molecule has 1 fully saturated rings. The Labute approximate surface area is 83.1 Å². The third-order valence-corrected chi connectivity index (χ3v) is 2.99. The van der Waals surface area contributed by atoms with Crippen molar-refractivity contribution in [2.45, 2.75) is 25.2 Å². The van der Waals surface area contributed by atoms with E-state index in [4.69, 9.17) is 18.0 Å². The van der Waals surface area contributed by atoms with Crippen LogP contribution >= 0.6 is 11.6 Å². The Balaban J connectivity index is 2.44. The van der Waals surface area contributed by atoms with Gasteiger partial charge < -0.3 is 0 Å². The van der Waals surface area contributed by atoms with Gasteiger partial charge in [0.15, 0.2) is 0 Å². The summed E-state index contributed by atoms with van der Waals surface area (Å²) in [4.78, 5) is 4.10. The average Bonchev–Trinajstić information content (AvgIpc) is 2.90. The van der Waals surface area contributed by atoms with Crippen molar-refractivity contribution < 1.29 is 0 Å². The van der Waals surface area contributed by atoms with Gasteiger partial charge in [-0.05, 0) is 37.0 Å². The Kier molecular flexibility index (Phi) is 1.82. The number of nitrogens with zero attached hydrogens (tertiary/aromatic N) is 1. The molecule has 2 heteroatoms. The minimum Gasteiger partial charge on any atom is -0.244 e. The van der Waals surface area contributed by atoms with E-state index in [0.717, 1.165) is 24.0 Å². The van der Waals surface area contributed by atoms with Crippen molar-refractivity contribution in [3.63, 3.8) is 0 Å². The Bertz CT molecular complexity index is 386. The highest BCUT2D eigenvalue weighted by atomic mass is 35.5. The zero-order valence-corrected chi connectivity index (χ0v) is 8.23. The number of halogens is 1. The molecular weight excluding hydrogens is 182 g/mol. The van der Waals surface area contributed by atoms with Crippen molar-refractivity contribution in [3.05, 3.63) is 28.5 Å². The van der Waals surface area contributed by atoms with Gasteiger partial charge in [0.25, 0.3) is 0 Å². The average molecular weight is 192 g/mol. The van der Waals surface area contributed by atoms with Gasteiger partial charge in [-0.25, -0.2) is 4.98 Å². The molecule has 0 spiro atoms. The molecule has 0 atom stereocenters. The van der Waals surface area contributed by atoms with Crippen molar-refractivity contribution in [1.82, 2.24) is 4.98 Å². The minimum atomic E-state index is -0.0254. The Morgan fingerprint density at radius 3 is 2.77 bits per heavy atom. The number of rotatable bonds is 1. The van der Waals surface area contributed by atoms with Gasteiger partial charge >= 0.3 is 0 Å². The van der Waals surface area contributed by atoms with E-state index in [-0.39, 0.29) is 5.41 Å². The zero-order valence-electron chi connectivity index (χ0n) is 7.47. The Hall–Kier alpha value is -1.00. The van der Waals surface area contributed by atoms with Crippen LogP contribution < -0.4 is 0 Å². The largest absolute Gasteiger partial charge is 0.244 e. The maximum absolute atomic E-state index is 5.83. The van der Waals surface area contributed by atoms with Crippen LogP contribution in [0.2, 0.25) is 5.15 Å². The molecule has 0 saturated heterocycles. The van der Waals surface area contributed by atoms with Crippen LogP contribution in [0.5, 0.6) is 0 Å². The summed E-state index contributed by atoms with van der Waals surface area (Å²) in [6.07, 6.45) is 9.42. The second kappa shape index (κ2) is 2.75. The maximum atomic E-state index is 5.83. The molecule has 1 heterocycles. The SMILES string of the molecule is C#CC1(c2cnc(Cl)c(C)c2)CC1.